The van der Waals surface area contributed by atoms with Gasteiger partial charge in [-0.1, -0.05) is 17.7 Å². The fourth-order valence-electron chi connectivity index (χ4n) is 3.16. The van der Waals surface area contributed by atoms with Crippen LogP contribution in [0.3, 0.4) is 0 Å². The molecule has 3 rings (SSSR count). The molecule has 0 fully saturated rings. The lowest BCUT2D eigenvalue weighted by Crippen LogP contribution is -2.25. The van der Waals surface area contributed by atoms with Gasteiger partial charge >= 0.3 is 11.7 Å². The third-order valence-corrected chi connectivity index (χ3v) is 4.33. The molecule has 27 heavy (non-hydrogen) atoms. The normalized spacial score (nSPS) is 10.8. The van der Waals surface area contributed by atoms with Crippen molar-refractivity contribution in [3.05, 3.63) is 63.1 Å². The van der Waals surface area contributed by atoms with Gasteiger partial charge in [0.25, 0.3) is 0 Å². The van der Waals surface area contributed by atoms with Crippen LogP contribution in [0.1, 0.15) is 27.0 Å². The number of rotatable bonds is 4. The second-order valence-corrected chi connectivity index (χ2v) is 6.45. The summed E-state index contributed by atoms with van der Waals surface area (Å²) in [6.45, 7) is 5.63. The van der Waals surface area contributed by atoms with E-state index in [0.717, 1.165) is 22.4 Å². The highest BCUT2D eigenvalue weighted by atomic mass is 16.5. The van der Waals surface area contributed by atoms with Crippen LogP contribution in [-0.2, 0) is 16.1 Å². The van der Waals surface area contributed by atoms with E-state index in [9.17, 15) is 14.4 Å². The van der Waals surface area contributed by atoms with Crippen LogP contribution in [-0.4, -0.2) is 23.6 Å². The minimum Gasteiger partial charge on any atom is -0.465 e. The Morgan fingerprint density at radius 3 is 2.41 bits per heavy atom. The van der Waals surface area contributed by atoms with Gasteiger partial charge in [-0.3, -0.25) is 9.36 Å². The van der Waals surface area contributed by atoms with E-state index in [-0.39, 0.29) is 23.6 Å². The smallest absolute Gasteiger partial charge is 0.420 e. The predicted octanol–water partition coefficient (Wildman–Crippen LogP) is 2.95. The lowest BCUT2D eigenvalue weighted by atomic mass is 10.1. The van der Waals surface area contributed by atoms with Crippen molar-refractivity contribution in [1.82, 2.24) is 4.57 Å². The van der Waals surface area contributed by atoms with Crippen molar-refractivity contribution in [1.29, 1.82) is 0 Å². The average molecular weight is 368 g/mol. The van der Waals surface area contributed by atoms with Crippen LogP contribution in [0, 0.1) is 20.8 Å². The third-order valence-electron chi connectivity index (χ3n) is 4.33. The van der Waals surface area contributed by atoms with Gasteiger partial charge in [-0.15, -0.1) is 0 Å². The van der Waals surface area contributed by atoms with Gasteiger partial charge in [0.1, 0.15) is 6.54 Å². The van der Waals surface area contributed by atoms with Gasteiger partial charge in [-0.2, -0.15) is 0 Å². The molecule has 0 atom stereocenters. The molecule has 0 aliphatic heterocycles. The summed E-state index contributed by atoms with van der Waals surface area (Å²) < 4.78 is 11.0. The molecule has 0 saturated heterocycles. The lowest BCUT2D eigenvalue weighted by Gasteiger charge is -2.13. The molecule has 7 heteroatoms. The zero-order chi connectivity index (χ0) is 19.7. The molecule has 1 heterocycles. The number of esters is 1. The molecule has 3 aromatic rings. The van der Waals surface area contributed by atoms with Crippen molar-refractivity contribution in [3.63, 3.8) is 0 Å². The number of nitrogens with one attached hydrogen (secondary N) is 1. The number of anilines is 1. The molecule has 0 unspecified atom stereocenters. The summed E-state index contributed by atoms with van der Waals surface area (Å²) in [5.41, 5.74) is 4.67. The fourth-order valence-corrected chi connectivity index (χ4v) is 3.16. The second-order valence-electron chi connectivity index (χ2n) is 6.45. The van der Waals surface area contributed by atoms with E-state index in [1.165, 1.54) is 23.8 Å². The molecule has 1 aromatic heterocycles. The quantitative estimate of drug-likeness (QED) is 0.715. The number of methoxy groups -OCH3 is 1. The fraction of sp³-hybridized carbons (Fsp3) is 0.250. The van der Waals surface area contributed by atoms with Gasteiger partial charge in [0, 0.05) is 5.69 Å². The lowest BCUT2D eigenvalue weighted by molar-refractivity contribution is -0.116. The highest BCUT2D eigenvalue weighted by Crippen LogP contribution is 2.22. The molecular weight excluding hydrogens is 348 g/mol. The summed E-state index contributed by atoms with van der Waals surface area (Å²) >= 11 is 0. The molecule has 0 radical (unpaired) electrons. The number of ether oxygens (including phenoxy) is 1. The SMILES string of the molecule is COC(=O)c1ccc2c(c1)oc(=O)n2CC(=O)Nc1c(C)cc(C)cc1C. The molecule has 0 aliphatic rings. The second kappa shape index (κ2) is 7.11. The number of nitrogens with zero attached hydrogens (tertiary/aromatic N) is 1. The monoisotopic (exact) mass is 368 g/mol. The van der Waals surface area contributed by atoms with Crippen LogP contribution in [0.2, 0.25) is 0 Å². The first-order chi connectivity index (χ1) is 12.8. The number of aromatic nitrogens is 1. The van der Waals surface area contributed by atoms with E-state index in [0.29, 0.717) is 5.52 Å². The molecular formula is C20H20N2O5. The van der Waals surface area contributed by atoms with E-state index in [2.05, 4.69) is 10.1 Å². The zero-order valence-corrected chi connectivity index (χ0v) is 15.6. The van der Waals surface area contributed by atoms with Crippen LogP contribution in [0.15, 0.2) is 39.5 Å². The number of hydrogen-bond acceptors (Lipinski definition) is 5. The van der Waals surface area contributed by atoms with Crippen LogP contribution < -0.4 is 11.1 Å². The van der Waals surface area contributed by atoms with Gasteiger partial charge < -0.3 is 14.5 Å². The number of oxazole rings is 1. The largest absolute Gasteiger partial charge is 0.465 e. The first kappa shape index (κ1) is 18.4. The molecule has 0 spiro atoms. The molecule has 1 N–H and O–H groups in total. The standard InChI is InChI=1S/C20H20N2O5/c1-11-7-12(2)18(13(3)8-11)21-17(23)10-22-15-6-5-14(19(24)26-4)9-16(15)27-20(22)25/h5-9H,10H2,1-4H3,(H,21,23). The van der Waals surface area contributed by atoms with Crippen molar-refractivity contribution in [2.75, 3.05) is 12.4 Å². The first-order valence-corrected chi connectivity index (χ1v) is 8.39. The van der Waals surface area contributed by atoms with Crippen LogP contribution in [0.25, 0.3) is 11.1 Å². The Kier molecular flexibility index (Phi) is 4.85. The van der Waals surface area contributed by atoms with Crippen molar-refractivity contribution in [3.8, 4) is 0 Å². The highest BCUT2D eigenvalue weighted by Gasteiger charge is 2.16. The maximum absolute atomic E-state index is 12.5. The molecule has 1 amide bonds. The van der Waals surface area contributed by atoms with Gasteiger partial charge in [-0.05, 0) is 50.1 Å². The van der Waals surface area contributed by atoms with Gasteiger partial charge in [0.05, 0.1) is 18.2 Å². The Hall–Kier alpha value is -3.35. The molecule has 0 aliphatic carbocycles. The van der Waals surface area contributed by atoms with Crippen molar-refractivity contribution >= 4 is 28.7 Å². The molecule has 0 bridgehead atoms. The number of carbonyl (C=O) groups is 2. The molecule has 140 valence electrons. The minimum atomic E-state index is -0.667. The van der Waals surface area contributed by atoms with Crippen molar-refractivity contribution in [2.45, 2.75) is 27.3 Å². The number of hydrogen-bond donors (Lipinski definition) is 1. The summed E-state index contributed by atoms with van der Waals surface area (Å²) in [7, 11) is 1.27. The van der Waals surface area contributed by atoms with Gasteiger partial charge in [-0.25, -0.2) is 9.59 Å². The molecule has 0 saturated carbocycles. The van der Waals surface area contributed by atoms with Crippen molar-refractivity contribution < 1.29 is 18.7 Å². The number of carbonyl (C=O) groups excluding carboxylic acids is 2. The van der Waals surface area contributed by atoms with Crippen LogP contribution in [0.5, 0.6) is 0 Å². The zero-order valence-electron chi connectivity index (χ0n) is 15.6. The van der Waals surface area contributed by atoms with E-state index in [1.807, 2.05) is 32.9 Å². The number of fused-ring (bicyclic) bond motifs is 1. The summed E-state index contributed by atoms with van der Waals surface area (Å²) in [5, 5.41) is 2.86. The summed E-state index contributed by atoms with van der Waals surface area (Å²) in [6.07, 6.45) is 0. The van der Waals surface area contributed by atoms with Gasteiger partial charge in [0.2, 0.25) is 5.91 Å². The number of benzene rings is 2. The Balaban J connectivity index is 1.88. The molecule has 2 aromatic carbocycles. The van der Waals surface area contributed by atoms with E-state index in [4.69, 9.17) is 4.42 Å². The van der Waals surface area contributed by atoms with E-state index >= 15 is 0 Å². The Labute approximate surface area is 155 Å². The minimum absolute atomic E-state index is 0.198. The summed E-state index contributed by atoms with van der Waals surface area (Å²) in [6, 6.07) is 8.46. The van der Waals surface area contributed by atoms with Crippen LogP contribution in [0.4, 0.5) is 5.69 Å². The maximum Gasteiger partial charge on any atom is 0.420 e. The van der Waals surface area contributed by atoms with E-state index < -0.39 is 11.7 Å². The van der Waals surface area contributed by atoms with Crippen molar-refractivity contribution in [2.24, 2.45) is 0 Å². The third kappa shape index (κ3) is 3.62. The summed E-state index contributed by atoms with van der Waals surface area (Å²) in [4.78, 5) is 36.3. The predicted molar refractivity (Wildman–Crippen MR) is 101 cm³/mol. The Morgan fingerprint density at radius 2 is 1.78 bits per heavy atom. The Morgan fingerprint density at radius 1 is 1.11 bits per heavy atom. The highest BCUT2D eigenvalue weighted by molar-refractivity contribution is 5.95. The van der Waals surface area contributed by atoms with Crippen LogP contribution >= 0.6 is 0 Å². The maximum atomic E-state index is 12.5. The summed E-state index contributed by atoms with van der Waals surface area (Å²) in [5.74, 6) is -1.54. The average Bonchev–Trinajstić information content (AvgIpc) is 2.92. The number of amides is 1. The molecule has 7 nitrogen and oxygen atoms in total. The van der Waals surface area contributed by atoms with Gasteiger partial charge in [0.15, 0.2) is 5.58 Å². The first-order valence-electron chi connectivity index (χ1n) is 8.39. The number of aryl methyl sites for hydroxylation is 3. The van der Waals surface area contributed by atoms with E-state index in [1.54, 1.807) is 6.07 Å². The Bertz CT molecular complexity index is 1080. The topological polar surface area (TPSA) is 90.5 Å².